The third-order valence-electron chi connectivity index (χ3n) is 4.66. The summed E-state index contributed by atoms with van der Waals surface area (Å²) in [6, 6.07) is 12.3. The van der Waals surface area contributed by atoms with Crippen molar-refractivity contribution < 1.29 is 19.1 Å². The summed E-state index contributed by atoms with van der Waals surface area (Å²) < 4.78 is 12.5. The Hall–Kier alpha value is -3.92. The minimum atomic E-state index is -0.477. The minimum Gasteiger partial charge on any atom is -0.493 e. The van der Waals surface area contributed by atoms with E-state index >= 15 is 0 Å². The molecule has 2 aromatic heterocycles. The quantitative estimate of drug-likeness (QED) is 0.418. The zero-order valence-corrected chi connectivity index (χ0v) is 18.3. The highest BCUT2D eigenvalue weighted by Gasteiger charge is 2.17. The molecule has 0 aliphatic rings. The molecule has 0 radical (unpaired) electrons. The molecule has 0 spiro atoms. The van der Waals surface area contributed by atoms with Crippen molar-refractivity contribution in [3.8, 4) is 23.0 Å². The Balaban J connectivity index is 1.47. The molecule has 0 saturated carbocycles. The van der Waals surface area contributed by atoms with Crippen molar-refractivity contribution in [1.29, 1.82) is 0 Å². The Morgan fingerprint density at radius 3 is 2.72 bits per heavy atom. The lowest BCUT2D eigenvalue weighted by molar-refractivity contribution is -0.122. The smallest absolute Gasteiger partial charge is 0.269 e. The highest BCUT2D eigenvalue weighted by atomic mass is 32.1. The van der Waals surface area contributed by atoms with Crippen molar-refractivity contribution in [3.05, 3.63) is 58.9 Å². The number of carbonyl (C=O) groups excluding carboxylic acids is 2. The maximum absolute atomic E-state index is 12.6. The van der Waals surface area contributed by atoms with Gasteiger partial charge >= 0.3 is 0 Å². The zero-order chi connectivity index (χ0) is 22.5. The van der Waals surface area contributed by atoms with Gasteiger partial charge in [0.25, 0.3) is 11.8 Å². The molecule has 0 aliphatic heterocycles. The van der Waals surface area contributed by atoms with E-state index in [0.29, 0.717) is 35.2 Å². The average Bonchev–Trinajstić information content (AvgIpc) is 3.46. The fourth-order valence-corrected chi connectivity index (χ4v) is 3.75. The lowest BCUT2D eigenvalue weighted by Crippen LogP contribution is -2.43. The molecular formula is C22H21N5O4S. The third-order valence-corrected chi connectivity index (χ3v) is 5.25. The number of fused-ring (bicyclic) bond motifs is 1. The van der Waals surface area contributed by atoms with E-state index in [4.69, 9.17) is 9.47 Å². The maximum atomic E-state index is 12.6. The van der Waals surface area contributed by atoms with Crippen LogP contribution < -0.4 is 20.3 Å². The summed E-state index contributed by atoms with van der Waals surface area (Å²) in [5, 5.41) is 1.87. The third kappa shape index (κ3) is 4.40. The molecule has 32 heavy (non-hydrogen) atoms. The fraction of sp³-hybridized carbons (Fsp3) is 0.182. The molecule has 9 nitrogen and oxygen atoms in total. The number of thiazole rings is 1. The number of hydrogen-bond acceptors (Lipinski definition) is 7. The number of carbonyl (C=O) groups is 2. The summed E-state index contributed by atoms with van der Waals surface area (Å²) in [4.78, 5) is 34.1. The highest BCUT2D eigenvalue weighted by Crippen LogP contribution is 2.28. The number of hydrogen-bond donors (Lipinski definition) is 2. The van der Waals surface area contributed by atoms with Crippen molar-refractivity contribution in [2.45, 2.75) is 13.5 Å². The Morgan fingerprint density at radius 1 is 1.12 bits per heavy atom. The van der Waals surface area contributed by atoms with Gasteiger partial charge in [-0.1, -0.05) is 12.1 Å². The van der Waals surface area contributed by atoms with Crippen molar-refractivity contribution in [3.63, 3.8) is 0 Å². The van der Waals surface area contributed by atoms with E-state index in [0.717, 1.165) is 11.0 Å². The lowest BCUT2D eigenvalue weighted by Gasteiger charge is -2.12. The number of rotatable bonds is 7. The van der Waals surface area contributed by atoms with Gasteiger partial charge in [0.05, 0.1) is 30.3 Å². The summed E-state index contributed by atoms with van der Waals surface area (Å²) in [5.41, 5.74) is 9.17. The van der Waals surface area contributed by atoms with Crippen molar-refractivity contribution >= 4 is 34.2 Å². The van der Waals surface area contributed by atoms with Crippen LogP contribution in [0.15, 0.2) is 53.4 Å². The number of hydrazine groups is 1. The highest BCUT2D eigenvalue weighted by molar-refractivity contribution is 7.07. The molecule has 2 amide bonds. The second-order valence-electron chi connectivity index (χ2n) is 6.68. The van der Waals surface area contributed by atoms with Gasteiger partial charge in [-0.15, -0.1) is 11.3 Å². The lowest BCUT2D eigenvalue weighted by atomic mass is 10.2. The van der Waals surface area contributed by atoms with Crippen molar-refractivity contribution in [2.75, 3.05) is 13.7 Å². The SMILES string of the molecule is CCOc1ccc(C(=O)NNC(=O)Cn2c(-c3cscn3)nc3ccccc32)cc1OC. The van der Waals surface area contributed by atoms with Gasteiger partial charge < -0.3 is 14.0 Å². The number of nitrogens with zero attached hydrogens (tertiary/aromatic N) is 3. The van der Waals surface area contributed by atoms with Crippen LogP contribution in [0.3, 0.4) is 0 Å². The van der Waals surface area contributed by atoms with Crippen LogP contribution in [0, 0.1) is 0 Å². The molecule has 2 heterocycles. The first-order valence-corrected chi connectivity index (χ1v) is 10.8. The molecule has 0 unspecified atom stereocenters. The van der Waals surface area contributed by atoms with Crippen LogP contribution in [-0.2, 0) is 11.3 Å². The monoisotopic (exact) mass is 451 g/mol. The number of amides is 2. The second kappa shape index (κ2) is 9.48. The molecule has 4 aromatic rings. The number of aromatic nitrogens is 3. The fourth-order valence-electron chi connectivity index (χ4n) is 3.22. The van der Waals surface area contributed by atoms with Gasteiger partial charge in [-0.3, -0.25) is 20.4 Å². The Morgan fingerprint density at radius 2 is 1.97 bits per heavy atom. The van der Waals surface area contributed by atoms with E-state index in [1.807, 2.05) is 36.6 Å². The van der Waals surface area contributed by atoms with E-state index in [1.165, 1.54) is 18.4 Å². The maximum Gasteiger partial charge on any atom is 0.269 e. The standard InChI is InChI=1S/C22H21N5O4S/c1-3-31-18-9-8-14(10-19(18)30-2)22(29)26-25-20(28)11-27-17-7-5-4-6-15(17)24-21(27)16-12-32-13-23-16/h4-10,12-13H,3,11H2,1-2H3,(H,25,28)(H,26,29). The number of para-hydroxylation sites is 2. The minimum absolute atomic E-state index is 0.0414. The molecule has 2 aromatic carbocycles. The molecule has 0 fully saturated rings. The zero-order valence-electron chi connectivity index (χ0n) is 17.5. The van der Waals surface area contributed by atoms with Crippen LogP contribution in [-0.4, -0.2) is 40.1 Å². The van der Waals surface area contributed by atoms with Gasteiger partial charge in [-0.2, -0.15) is 0 Å². The molecule has 10 heteroatoms. The van der Waals surface area contributed by atoms with Crippen LogP contribution in [0.25, 0.3) is 22.6 Å². The first-order valence-electron chi connectivity index (χ1n) is 9.84. The van der Waals surface area contributed by atoms with Gasteiger partial charge in [0.2, 0.25) is 0 Å². The average molecular weight is 452 g/mol. The van der Waals surface area contributed by atoms with E-state index in [1.54, 1.807) is 28.3 Å². The molecule has 0 bridgehead atoms. The Labute approximate surface area is 188 Å². The predicted octanol–water partition coefficient (Wildman–Crippen LogP) is 3.03. The normalized spacial score (nSPS) is 10.7. The van der Waals surface area contributed by atoms with Gasteiger partial charge in [-0.25, -0.2) is 9.97 Å². The molecule has 0 aliphatic carbocycles. The molecule has 4 rings (SSSR count). The van der Waals surface area contributed by atoms with E-state index in [-0.39, 0.29) is 6.54 Å². The number of imidazole rings is 1. The summed E-state index contributed by atoms with van der Waals surface area (Å²) in [6.07, 6.45) is 0. The van der Waals surface area contributed by atoms with Gasteiger partial charge in [-0.05, 0) is 37.3 Å². The van der Waals surface area contributed by atoms with Crippen LogP contribution in [0.4, 0.5) is 0 Å². The molecule has 2 N–H and O–H groups in total. The number of nitrogens with one attached hydrogen (secondary N) is 2. The predicted molar refractivity (Wildman–Crippen MR) is 121 cm³/mol. The molecule has 0 saturated heterocycles. The van der Waals surface area contributed by atoms with Gasteiger partial charge in [0.15, 0.2) is 17.3 Å². The van der Waals surface area contributed by atoms with E-state index in [9.17, 15) is 9.59 Å². The summed E-state index contributed by atoms with van der Waals surface area (Å²) >= 11 is 1.45. The summed E-state index contributed by atoms with van der Waals surface area (Å²) in [6.45, 7) is 2.29. The summed E-state index contributed by atoms with van der Waals surface area (Å²) in [5.74, 6) is 0.678. The number of ether oxygens (including phenoxy) is 2. The second-order valence-corrected chi connectivity index (χ2v) is 7.40. The number of methoxy groups -OCH3 is 1. The number of benzene rings is 2. The van der Waals surface area contributed by atoms with E-state index < -0.39 is 11.8 Å². The molecular weight excluding hydrogens is 430 g/mol. The first-order chi connectivity index (χ1) is 15.6. The van der Waals surface area contributed by atoms with Crippen LogP contribution in [0.5, 0.6) is 11.5 Å². The van der Waals surface area contributed by atoms with Crippen molar-refractivity contribution in [2.24, 2.45) is 0 Å². The Kier molecular flexibility index (Phi) is 6.31. The topological polar surface area (TPSA) is 107 Å². The van der Waals surface area contributed by atoms with Gasteiger partial charge in [0.1, 0.15) is 12.2 Å². The van der Waals surface area contributed by atoms with E-state index in [2.05, 4.69) is 20.8 Å². The van der Waals surface area contributed by atoms with Crippen LogP contribution in [0.2, 0.25) is 0 Å². The largest absolute Gasteiger partial charge is 0.493 e. The first kappa shape index (κ1) is 21.3. The Bertz CT molecular complexity index is 1250. The molecule has 164 valence electrons. The molecule has 0 atom stereocenters. The van der Waals surface area contributed by atoms with Crippen LogP contribution in [0.1, 0.15) is 17.3 Å². The van der Waals surface area contributed by atoms with Crippen molar-refractivity contribution in [1.82, 2.24) is 25.4 Å². The van der Waals surface area contributed by atoms with Gasteiger partial charge in [0, 0.05) is 10.9 Å². The van der Waals surface area contributed by atoms with Crippen LogP contribution >= 0.6 is 11.3 Å². The summed E-state index contributed by atoms with van der Waals surface area (Å²) in [7, 11) is 1.50.